The van der Waals surface area contributed by atoms with Crippen LogP contribution in [0.15, 0.2) is 23.2 Å². The van der Waals surface area contributed by atoms with E-state index in [0.717, 1.165) is 0 Å². The number of anilines is 1. The molecule has 15 heteroatoms. The van der Waals surface area contributed by atoms with Gasteiger partial charge in [0.2, 0.25) is 12.9 Å². The van der Waals surface area contributed by atoms with Crippen LogP contribution in [0.1, 0.15) is 39.8 Å². The minimum atomic E-state index is -1.55. The number of β-lactam (4-membered cyclic amide) rings is 1. The fourth-order valence-corrected chi connectivity index (χ4v) is 5.30. The monoisotopic (exact) mass is 567 g/mol. The summed E-state index contributed by atoms with van der Waals surface area (Å²) in [5.41, 5.74) is 11.0. The first-order valence-electron chi connectivity index (χ1n) is 11.5. The van der Waals surface area contributed by atoms with Crippen LogP contribution in [0.3, 0.4) is 0 Å². The van der Waals surface area contributed by atoms with Crippen molar-refractivity contribution in [2.45, 2.75) is 51.6 Å². The number of amides is 3. The predicted molar refractivity (Wildman–Crippen MR) is 139 cm³/mol. The average Bonchev–Trinajstić information content (AvgIpc) is 3.28. The zero-order valence-corrected chi connectivity index (χ0v) is 22.9. The summed E-state index contributed by atoms with van der Waals surface area (Å²) in [6.07, 6.45) is 0.857. The van der Waals surface area contributed by atoms with Crippen LogP contribution in [0.2, 0.25) is 0 Å². The van der Waals surface area contributed by atoms with Crippen LogP contribution < -0.4 is 16.8 Å². The van der Waals surface area contributed by atoms with E-state index in [1.165, 1.54) is 34.2 Å². The van der Waals surface area contributed by atoms with E-state index in [1.54, 1.807) is 32.2 Å². The number of fused-ring (bicyclic) bond motifs is 1. The molecule has 3 amide bonds. The van der Waals surface area contributed by atoms with Gasteiger partial charge in [-0.3, -0.25) is 14.4 Å². The third-order valence-electron chi connectivity index (χ3n) is 5.33. The van der Waals surface area contributed by atoms with Crippen molar-refractivity contribution in [3.63, 3.8) is 0 Å². The first-order chi connectivity index (χ1) is 17.8. The van der Waals surface area contributed by atoms with Crippen LogP contribution in [-0.2, 0) is 33.4 Å². The minimum Gasteiger partial charge on any atom is -0.430 e. The number of esters is 2. The fraction of sp³-hybridized carbons (Fsp3) is 0.478. The lowest BCUT2D eigenvalue weighted by Gasteiger charge is -2.47. The normalized spacial score (nSPS) is 19.9. The van der Waals surface area contributed by atoms with Gasteiger partial charge in [0, 0.05) is 22.9 Å². The summed E-state index contributed by atoms with van der Waals surface area (Å²) in [5, 5.41) is 4.27. The number of aromatic nitrogens is 1. The first-order valence-corrected chi connectivity index (χ1v) is 13.4. The van der Waals surface area contributed by atoms with Crippen LogP contribution in [0.4, 0.5) is 9.93 Å². The number of thiazole rings is 1. The van der Waals surface area contributed by atoms with Crippen LogP contribution in [-0.4, -0.2) is 69.8 Å². The molecule has 0 aromatic carbocycles. The fourth-order valence-electron chi connectivity index (χ4n) is 3.45. The molecule has 0 radical (unpaired) electrons. The van der Waals surface area contributed by atoms with Gasteiger partial charge in [-0.2, -0.15) is 0 Å². The molecule has 1 aromatic heterocycles. The Balaban J connectivity index is 1.67. The third kappa shape index (κ3) is 6.64. The van der Waals surface area contributed by atoms with E-state index in [1.807, 2.05) is 6.92 Å². The molecule has 13 nitrogen and oxygen atoms in total. The minimum absolute atomic E-state index is 0.163. The number of hydrogen-bond acceptors (Lipinski definition) is 12. The second-order valence-corrected chi connectivity index (χ2v) is 11.3. The summed E-state index contributed by atoms with van der Waals surface area (Å²) in [6, 6.07) is -0.819. The Hall–Kier alpha value is -3.59. The van der Waals surface area contributed by atoms with Crippen molar-refractivity contribution in [1.82, 2.24) is 15.2 Å². The number of carbonyl (C=O) groups is 5. The van der Waals surface area contributed by atoms with Gasteiger partial charge in [-0.15, -0.1) is 23.1 Å². The quantitative estimate of drug-likeness (QED) is 0.169. The SMILES string of the molecule is CC/C=C(\C(=O)NC1C(=O)N2C=C(C(OC(N)=O)C(=O)OCOC(=O)C(C)(C)C)CSC12)c1csc(N)n1. The zero-order chi connectivity index (χ0) is 28.2. The number of primary amides is 1. The molecular weight excluding hydrogens is 538 g/mol. The van der Waals surface area contributed by atoms with Crippen molar-refractivity contribution in [3.8, 4) is 0 Å². The summed E-state index contributed by atoms with van der Waals surface area (Å²) in [7, 11) is 0. The Morgan fingerprint density at radius 2 is 2.00 bits per heavy atom. The highest BCUT2D eigenvalue weighted by molar-refractivity contribution is 8.00. The van der Waals surface area contributed by atoms with Gasteiger partial charge in [0.25, 0.3) is 11.8 Å². The van der Waals surface area contributed by atoms with Crippen molar-refractivity contribution in [3.05, 3.63) is 28.9 Å². The van der Waals surface area contributed by atoms with E-state index in [-0.39, 0.29) is 11.3 Å². The Bertz CT molecular complexity index is 1190. The first kappa shape index (κ1) is 29.0. The Morgan fingerprint density at radius 3 is 2.58 bits per heavy atom. The maximum atomic E-state index is 12.9. The number of nitrogen functional groups attached to an aromatic ring is 1. The highest BCUT2D eigenvalue weighted by Gasteiger charge is 2.51. The molecule has 5 N–H and O–H groups in total. The van der Waals surface area contributed by atoms with Gasteiger partial charge in [0.05, 0.1) is 16.7 Å². The molecule has 3 rings (SSSR count). The van der Waals surface area contributed by atoms with E-state index >= 15 is 0 Å². The number of rotatable bonds is 9. The van der Waals surface area contributed by atoms with E-state index in [2.05, 4.69) is 10.3 Å². The molecule has 1 saturated heterocycles. The molecule has 3 unspecified atom stereocenters. The average molecular weight is 568 g/mol. The molecule has 206 valence electrons. The topological polar surface area (TPSA) is 193 Å². The number of nitrogens with zero attached hydrogens (tertiary/aromatic N) is 2. The van der Waals surface area contributed by atoms with Crippen molar-refractivity contribution in [2.75, 3.05) is 18.3 Å². The van der Waals surface area contributed by atoms with Gasteiger partial charge >= 0.3 is 18.0 Å². The number of hydrogen-bond donors (Lipinski definition) is 3. The number of nitrogens with one attached hydrogen (secondary N) is 1. The van der Waals surface area contributed by atoms with E-state index in [0.29, 0.717) is 22.8 Å². The number of nitrogens with two attached hydrogens (primary N) is 2. The molecule has 1 aromatic rings. The van der Waals surface area contributed by atoms with Crippen molar-refractivity contribution < 1.29 is 38.2 Å². The smallest absolute Gasteiger partial charge is 0.405 e. The van der Waals surface area contributed by atoms with Crippen LogP contribution in [0.25, 0.3) is 5.57 Å². The Kier molecular flexibility index (Phi) is 9.04. The zero-order valence-electron chi connectivity index (χ0n) is 21.2. The van der Waals surface area contributed by atoms with Gasteiger partial charge in [0.15, 0.2) is 5.13 Å². The second-order valence-electron chi connectivity index (χ2n) is 9.28. The highest BCUT2D eigenvalue weighted by atomic mass is 32.2. The molecule has 0 aliphatic carbocycles. The maximum absolute atomic E-state index is 12.9. The van der Waals surface area contributed by atoms with Gasteiger partial charge in [0.1, 0.15) is 11.4 Å². The van der Waals surface area contributed by atoms with Crippen LogP contribution in [0.5, 0.6) is 0 Å². The molecular formula is C23H29N5O8S2. The molecule has 0 bridgehead atoms. The largest absolute Gasteiger partial charge is 0.430 e. The van der Waals surface area contributed by atoms with Gasteiger partial charge in [-0.25, -0.2) is 14.6 Å². The number of ether oxygens (including phenoxy) is 3. The highest BCUT2D eigenvalue weighted by Crippen LogP contribution is 2.38. The lowest BCUT2D eigenvalue weighted by atomic mass is 9.98. The van der Waals surface area contributed by atoms with Crippen molar-refractivity contribution >= 4 is 63.6 Å². The molecule has 3 heterocycles. The summed E-state index contributed by atoms with van der Waals surface area (Å²) < 4.78 is 14.8. The molecule has 2 aliphatic heterocycles. The van der Waals surface area contributed by atoms with Crippen LogP contribution >= 0.6 is 23.1 Å². The molecule has 38 heavy (non-hydrogen) atoms. The lowest BCUT2D eigenvalue weighted by molar-refractivity contribution is -0.177. The standard InChI is InChI=1S/C23H29N5O8S2/c1-5-6-12(13-9-38-21(24)26-13)16(29)27-14-17(30)28-7-11(8-37-18(14)28)15(36-22(25)33)19(31)34-10-35-20(32)23(2,3)4/h6-7,9,14-15,18H,5,8,10H2,1-4H3,(H2,24,26)(H2,25,33)(H,27,29)/b12-6-. The Morgan fingerprint density at radius 1 is 1.29 bits per heavy atom. The van der Waals surface area contributed by atoms with Crippen molar-refractivity contribution in [1.29, 1.82) is 0 Å². The summed E-state index contributed by atoms with van der Waals surface area (Å²) >= 11 is 2.45. The van der Waals surface area contributed by atoms with Crippen LogP contribution in [0, 0.1) is 5.41 Å². The van der Waals surface area contributed by atoms with E-state index in [4.69, 9.17) is 25.7 Å². The molecule has 3 atom stereocenters. The van der Waals surface area contributed by atoms with Gasteiger partial charge in [-0.05, 0) is 27.2 Å². The van der Waals surface area contributed by atoms with Crippen molar-refractivity contribution in [2.24, 2.45) is 11.1 Å². The summed E-state index contributed by atoms with van der Waals surface area (Å²) in [5.74, 6) is -2.34. The summed E-state index contributed by atoms with van der Waals surface area (Å²) in [6.45, 7) is 6.07. The lowest BCUT2D eigenvalue weighted by Crippen LogP contribution is -2.68. The molecule has 1 fully saturated rings. The number of thioether (sulfide) groups is 1. The second kappa shape index (κ2) is 11.9. The van der Waals surface area contributed by atoms with Gasteiger partial charge in [-0.1, -0.05) is 13.0 Å². The van der Waals surface area contributed by atoms with Gasteiger partial charge < -0.3 is 35.9 Å². The molecule has 2 aliphatic rings. The summed E-state index contributed by atoms with van der Waals surface area (Å²) in [4.78, 5) is 67.2. The number of carbonyl (C=O) groups excluding carboxylic acids is 5. The third-order valence-corrected chi connectivity index (χ3v) is 7.35. The maximum Gasteiger partial charge on any atom is 0.405 e. The van der Waals surface area contributed by atoms with E-state index < -0.39 is 59.6 Å². The number of allylic oxidation sites excluding steroid dienone is 1. The van der Waals surface area contributed by atoms with E-state index in [9.17, 15) is 24.0 Å². The molecule has 0 saturated carbocycles. The predicted octanol–water partition coefficient (Wildman–Crippen LogP) is 1.36. The molecule has 0 spiro atoms. The Labute approximate surface area is 226 Å².